The third-order valence-corrected chi connectivity index (χ3v) is 4.69. The molecular formula is C19H23NO2S. The minimum absolute atomic E-state index is 0.0310. The van der Waals surface area contributed by atoms with Crippen LogP contribution in [0.1, 0.15) is 30.5 Å². The monoisotopic (exact) mass is 329 g/mol. The predicted molar refractivity (Wildman–Crippen MR) is 96.1 cm³/mol. The minimum atomic E-state index is 0.0310. The van der Waals surface area contributed by atoms with Crippen molar-refractivity contribution < 1.29 is 9.53 Å². The summed E-state index contributed by atoms with van der Waals surface area (Å²) in [6, 6.07) is 16.1. The molecule has 1 atom stereocenters. The van der Waals surface area contributed by atoms with Gasteiger partial charge in [0.2, 0.25) is 5.91 Å². The number of hydrogen-bond donors (Lipinski definition) is 1. The number of aryl methyl sites for hydroxylation is 1. The highest BCUT2D eigenvalue weighted by Gasteiger charge is 2.14. The predicted octanol–water partition coefficient (Wildman–Crippen LogP) is 4.36. The van der Waals surface area contributed by atoms with Crippen molar-refractivity contribution >= 4 is 17.7 Å². The second kappa shape index (κ2) is 8.63. The lowest BCUT2D eigenvalue weighted by Crippen LogP contribution is -2.29. The number of amides is 1. The maximum Gasteiger partial charge on any atom is 0.230 e. The Morgan fingerprint density at radius 2 is 1.96 bits per heavy atom. The molecule has 0 saturated heterocycles. The summed E-state index contributed by atoms with van der Waals surface area (Å²) in [5.41, 5.74) is 2.19. The van der Waals surface area contributed by atoms with Gasteiger partial charge in [0.15, 0.2) is 0 Å². The van der Waals surface area contributed by atoms with Crippen LogP contribution in [0.4, 0.5) is 0 Å². The summed E-state index contributed by atoms with van der Waals surface area (Å²) < 4.78 is 5.29. The highest BCUT2D eigenvalue weighted by molar-refractivity contribution is 8.00. The van der Waals surface area contributed by atoms with Gasteiger partial charge >= 0.3 is 0 Å². The third kappa shape index (κ3) is 5.03. The number of nitrogens with one attached hydrogen (secondary N) is 1. The molecule has 2 aromatic carbocycles. The number of thioether (sulfide) groups is 1. The summed E-state index contributed by atoms with van der Waals surface area (Å²) in [6.07, 6.45) is 0.855. The van der Waals surface area contributed by atoms with E-state index in [2.05, 4.69) is 18.3 Å². The van der Waals surface area contributed by atoms with Crippen molar-refractivity contribution in [1.82, 2.24) is 5.32 Å². The highest BCUT2D eigenvalue weighted by Crippen LogP contribution is 2.24. The van der Waals surface area contributed by atoms with Crippen molar-refractivity contribution in [2.45, 2.75) is 31.2 Å². The van der Waals surface area contributed by atoms with E-state index in [1.54, 1.807) is 18.9 Å². The van der Waals surface area contributed by atoms with E-state index in [0.29, 0.717) is 5.75 Å². The zero-order valence-electron chi connectivity index (χ0n) is 13.8. The number of benzene rings is 2. The highest BCUT2D eigenvalue weighted by atomic mass is 32.2. The van der Waals surface area contributed by atoms with Gasteiger partial charge in [-0.05, 0) is 42.7 Å². The number of rotatable bonds is 7. The smallest absolute Gasteiger partial charge is 0.230 e. The average Bonchev–Trinajstić information content (AvgIpc) is 2.58. The quantitative estimate of drug-likeness (QED) is 0.767. The van der Waals surface area contributed by atoms with Crippen LogP contribution in [0.3, 0.4) is 0 Å². The van der Waals surface area contributed by atoms with Gasteiger partial charge in [-0.25, -0.2) is 0 Å². The van der Waals surface area contributed by atoms with Crippen molar-refractivity contribution in [1.29, 1.82) is 0 Å². The van der Waals surface area contributed by atoms with Gasteiger partial charge in [-0.3, -0.25) is 4.79 Å². The fraction of sp³-hybridized carbons (Fsp3) is 0.316. The molecule has 0 saturated carbocycles. The molecule has 23 heavy (non-hydrogen) atoms. The second-order valence-electron chi connectivity index (χ2n) is 5.36. The van der Waals surface area contributed by atoms with Gasteiger partial charge in [0.25, 0.3) is 0 Å². The van der Waals surface area contributed by atoms with E-state index in [4.69, 9.17) is 4.74 Å². The lowest BCUT2D eigenvalue weighted by atomic mass is 10.0. The molecule has 0 aliphatic heterocycles. The van der Waals surface area contributed by atoms with Crippen molar-refractivity contribution in [2.75, 3.05) is 12.9 Å². The number of carbonyl (C=O) groups is 1. The molecule has 2 aromatic rings. The fourth-order valence-corrected chi connectivity index (χ4v) is 3.17. The van der Waals surface area contributed by atoms with Crippen molar-refractivity contribution in [3.8, 4) is 5.75 Å². The van der Waals surface area contributed by atoms with E-state index < -0.39 is 0 Å². The van der Waals surface area contributed by atoms with Crippen molar-refractivity contribution in [3.05, 3.63) is 59.7 Å². The molecular weight excluding hydrogens is 306 g/mol. The normalized spacial score (nSPS) is 11.8. The third-order valence-electron chi connectivity index (χ3n) is 3.68. The Balaban J connectivity index is 1.96. The standard InChI is InChI=1S/C19H23NO2S/c1-4-17(15-10-11-18(22-3)14(2)12-15)20-19(21)13-23-16-8-6-5-7-9-16/h5-12,17H,4,13H2,1-3H3,(H,20,21)/t17-/m1/s1. The zero-order valence-corrected chi connectivity index (χ0v) is 14.7. The first-order valence-electron chi connectivity index (χ1n) is 7.75. The molecule has 4 heteroatoms. The maximum absolute atomic E-state index is 12.2. The van der Waals surface area contributed by atoms with Crippen LogP contribution in [-0.4, -0.2) is 18.8 Å². The number of carbonyl (C=O) groups excluding carboxylic acids is 1. The van der Waals surface area contributed by atoms with Crippen LogP contribution >= 0.6 is 11.8 Å². The van der Waals surface area contributed by atoms with E-state index >= 15 is 0 Å². The van der Waals surface area contributed by atoms with Crippen molar-refractivity contribution in [2.24, 2.45) is 0 Å². The van der Waals surface area contributed by atoms with E-state index in [9.17, 15) is 4.79 Å². The van der Waals surface area contributed by atoms with E-state index in [-0.39, 0.29) is 11.9 Å². The molecule has 0 fully saturated rings. The van der Waals surface area contributed by atoms with Gasteiger partial charge in [-0.2, -0.15) is 0 Å². The Bertz CT molecular complexity index is 643. The molecule has 0 bridgehead atoms. The summed E-state index contributed by atoms with van der Waals surface area (Å²) in [6.45, 7) is 4.09. The average molecular weight is 329 g/mol. The molecule has 0 aliphatic rings. The van der Waals surface area contributed by atoms with Gasteiger partial charge in [0.05, 0.1) is 18.9 Å². The summed E-state index contributed by atoms with van der Waals surface area (Å²) in [5.74, 6) is 1.35. The topological polar surface area (TPSA) is 38.3 Å². The van der Waals surface area contributed by atoms with Gasteiger partial charge in [0, 0.05) is 4.90 Å². The lowest BCUT2D eigenvalue weighted by Gasteiger charge is -2.19. The van der Waals surface area contributed by atoms with E-state index in [1.807, 2.05) is 49.4 Å². The largest absolute Gasteiger partial charge is 0.496 e. The molecule has 1 amide bonds. The van der Waals surface area contributed by atoms with Crippen molar-refractivity contribution in [3.63, 3.8) is 0 Å². The van der Waals surface area contributed by atoms with Crippen LogP contribution in [-0.2, 0) is 4.79 Å². The SMILES string of the molecule is CC[C@@H](NC(=O)CSc1ccccc1)c1ccc(OC)c(C)c1. The van der Waals surface area contributed by atoms with Crippen LogP contribution in [0, 0.1) is 6.92 Å². The molecule has 0 unspecified atom stereocenters. The Kier molecular flexibility index (Phi) is 6.53. The first-order chi connectivity index (χ1) is 11.1. The summed E-state index contributed by atoms with van der Waals surface area (Å²) in [4.78, 5) is 13.3. The van der Waals surface area contributed by atoms with Gasteiger partial charge < -0.3 is 10.1 Å². The molecule has 122 valence electrons. The number of methoxy groups -OCH3 is 1. The Morgan fingerprint density at radius 1 is 1.22 bits per heavy atom. The summed E-state index contributed by atoms with van der Waals surface area (Å²) in [5, 5.41) is 3.12. The molecule has 0 aromatic heterocycles. The Labute approximate surface area is 142 Å². The van der Waals surface area contributed by atoms with E-state index in [0.717, 1.165) is 28.2 Å². The molecule has 0 heterocycles. The van der Waals surface area contributed by atoms with Crippen LogP contribution in [0.2, 0.25) is 0 Å². The number of ether oxygens (including phenoxy) is 1. The van der Waals surface area contributed by atoms with Crippen LogP contribution in [0.15, 0.2) is 53.4 Å². The van der Waals surface area contributed by atoms with Crippen LogP contribution in [0.25, 0.3) is 0 Å². The number of hydrogen-bond acceptors (Lipinski definition) is 3. The Hall–Kier alpha value is -1.94. The van der Waals surface area contributed by atoms with Gasteiger partial charge in [-0.1, -0.05) is 37.3 Å². The molecule has 1 N–H and O–H groups in total. The first kappa shape index (κ1) is 17.4. The zero-order chi connectivity index (χ0) is 16.7. The molecule has 0 radical (unpaired) electrons. The minimum Gasteiger partial charge on any atom is -0.496 e. The molecule has 0 spiro atoms. The fourth-order valence-electron chi connectivity index (χ4n) is 2.44. The van der Waals surface area contributed by atoms with Crippen LogP contribution in [0.5, 0.6) is 5.75 Å². The summed E-state index contributed by atoms with van der Waals surface area (Å²) in [7, 11) is 1.67. The molecule has 0 aliphatic carbocycles. The molecule has 3 nitrogen and oxygen atoms in total. The Morgan fingerprint density at radius 3 is 2.57 bits per heavy atom. The van der Waals surface area contributed by atoms with Gasteiger partial charge in [0.1, 0.15) is 5.75 Å². The van der Waals surface area contributed by atoms with E-state index in [1.165, 1.54) is 0 Å². The molecule has 2 rings (SSSR count). The van der Waals surface area contributed by atoms with Gasteiger partial charge in [-0.15, -0.1) is 11.8 Å². The second-order valence-corrected chi connectivity index (χ2v) is 6.41. The lowest BCUT2D eigenvalue weighted by molar-refractivity contribution is -0.119. The van der Waals surface area contributed by atoms with Crippen LogP contribution < -0.4 is 10.1 Å². The summed E-state index contributed by atoms with van der Waals surface area (Å²) >= 11 is 1.55. The maximum atomic E-state index is 12.2. The first-order valence-corrected chi connectivity index (χ1v) is 8.74.